The van der Waals surface area contributed by atoms with E-state index in [1.807, 2.05) is 149 Å². The Labute approximate surface area is 629 Å². The molecule has 3 aliphatic heterocycles. The number of hydrogen-bond donors (Lipinski definition) is 4. The molecule has 2 aromatic heterocycles. The molecule has 25 heteroatoms. The number of ether oxygens (including phenoxy) is 1. The Hall–Kier alpha value is -9.39. The van der Waals surface area contributed by atoms with E-state index in [0.29, 0.717) is 89.7 Å². The van der Waals surface area contributed by atoms with Crippen LogP contribution in [0.2, 0.25) is 5.02 Å². The average molecular weight is 1480 g/mol. The Bertz CT molecular complexity index is 4420. The number of nitrogens with one attached hydrogen (secondary N) is 1. The zero-order valence-corrected chi connectivity index (χ0v) is 64.2. The standard InChI is InChI=1S/C31H37N5O4S.C27H42N8O.C23H26ClN3O2/c1-5-17-35(18-6-2)28(37)24-19-23(20-27(21-24)34(3)41(4,39)40)22-36-29(38)31(33-30(36)32,25-13-9-7-10-14-25)26-15-11-8-12-16-26;1-33(2)24-17-22(31-23-13-15-29-35(23)24)30-21-11-7-10-20(16-21)18-27(25(36)34(3)26(28)32-27)14-12-19-8-5-4-6-9-19;1-2-29-13-5-12-27-21(28)23(18-10-11-18,26-22(27)25)19-8-3-6-16(14-19)17-7-4-9-20(24)15-17/h7-16,19-21H,5-6,17-18,22H2,1-4H3,(H2,32,33);13,15,17,19-21H,4-12,14,16,18H2,1-3H3,(H2,28,32)(H,30,31);3-4,6-9,14-15,18H,2,5,10-13H2,1H3,(H2,25,26)/t;20-,21+,27+;/m.0./s1. The summed E-state index contributed by atoms with van der Waals surface area (Å²) < 4.78 is 33.3. The Kier molecular flexibility index (Phi) is 24.9. The Balaban J connectivity index is 0.000000161. The van der Waals surface area contributed by atoms with Gasteiger partial charge in [0.05, 0.1) is 24.7 Å². The van der Waals surface area contributed by atoms with E-state index < -0.39 is 26.6 Å². The minimum atomic E-state index is -3.62. The van der Waals surface area contributed by atoms with Crippen LogP contribution in [0.25, 0.3) is 16.8 Å². The van der Waals surface area contributed by atoms with Gasteiger partial charge in [0, 0.05) is 89.8 Å². The second kappa shape index (κ2) is 34.0. The van der Waals surface area contributed by atoms with Gasteiger partial charge in [-0.05, 0) is 159 Å². The number of carbonyl (C=O) groups is 4. The van der Waals surface area contributed by atoms with Crippen molar-refractivity contribution in [1.29, 1.82) is 0 Å². The average Bonchev–Trinajstić information content (AvgIpc) is 1.58. The van der Waals surface area contributed by atoms with E-state index in [2.05, 4.69) is 27.4 Å². The molecule has 564 valence electrons. The molecule has 3 saturated carbocycles. The molecule has 4 atom stereocenters. The monoisotopic (exact) mass is 1480 g/mol. The normalized spacial score (nSPS) is 20.9. The fourth-order valence-corrected chi connectivity index (χ4v) is 16.5. The van der Waals surface area contributed by atoms with Gasteiger partial charge in [-0.25, -0.2) is 28.4 Å². The zero-order valence-electron chi connectivity index (χ0n) is 62.7. The molecule has 0 radical (unpaired) electrons. The Morgan fingerprint density at radius 3 is 1.96 bits per heavy atom. The molecular formula is C81H105ClN16O7S. The summed E-state index contributed by atoms with van der Waals surface area (Å²) in [6.45, 7) is 8.92. The smallest absolute Gasteiger partial charge is 0.266 e. The quantitative estimate of drug-likeness (QED) is 0.0348. The number of benzene rings is 5. The minimum Gasteiger partial charge on any atom is -0.382 e. The van der Waals surface area contributed by atoms with Crippen molar-refractivity contribution in [2.75, 3.05) is 81.8 Å². The highest BCUT2D eigenvalue weighted by Gasteiger charge is 2.58. The highest BCUT2D eigenvalue weighted by molar-refractivity contribution is 7.92. The van der Waals surface area contributed by atoms with Crippen molar-refractivity contribution in [3.05, 3.63) is 179 Å². The van der Waals surface area contributed by atoms with Crippen molar-refractivity contribution >= 4 is 86.1 Å². The van der Waals surface area contributed by atoms with Crippen LogP contribution in [0.15, 0.2) is 161 Å². The van der Waals surface area contributed by atoms with E-state index in [4.69, 9.17) is 53.5 Å². The van der Waals surface area contributed by atoms with Gasteiger partial charge in [0.1, 0.15) is 17.2 Å². The first-order valence-corrected chi connectivity index (χ1v) is 39.8. The Morgan fingerprint density at radius 1 is 0.689 bits per heavy atom. The van der Waals surface area contributed by atoms with Gasteiger partial charge in [-0.2, -0.15) is 9.61 Å². The number of amides is 4. The number of sulfonamides is 1. The van der Waals surface area contributed by atoms with Gasteiger partial charge in [-0.3, -0.25) is 38.2 Å². The number of carbonyl (C=O) groups excluding carboxylic acids is 4. The molecule has 5 heterocycles. The summed E-state index contributed by atoms with van der Waals surface area (Å²) in [6, 6.07) is 43.6. The molecule has 4 amide bonds. The van der Waals surface area contributed by atoms with Gasteiger partial charge in [-0.1, -0.05) is 161 Å². The van der Waals surface area contributed by atoms with Crippen LogP contribution < -0.4 is 31.7 Å². The van der Waals surface area contributed by atoms with Crippen molar-refractivity contribution in [2.24, 2.45) is 49.9 Å². The Morgan fingerprint density at radius 2 is 1.34 bits per heavy atom. The van der Waals surface area contributed by atoms with Gasteiger partial charge in [0.2, 0.25) is 10.0 Å². The van der Waals surface area contributed by atoms with E-state index in [9.17, 15) is 27.6 Å². The molecule has 0 spiro atoms. The van der Waals surface area contributed by atoms with Crippen LogP contribution in [0.4, 0.5) is 17.3 Å². The van der Waals surface area contributed by atoms with Crippen molar-refractivity contribution < 1.29 is 32.3 Å². The molecule has 1 unspecified atom stereocenters. The number of rotatable bonds is 27. The number of guanidine groups is 3. The molecule has 5 aromatic carbocycles. The summed E-state index contributed by atoms with van der Waals surface area (Å²) in [5, 5.41) is 8.79. The zero-order chi connectivity index (χ0) is 75.5. The van der Waals surface area contributed by atoms with Crippen LogP contribution in [0.3, 0.4) is 0 Å². The molecule has 0 bridgehead atoms. The van der Waals surface area contributed by atoms with Crippen LogP contribution >= 0.6 is 11.6 Å². The van der Waals surface area contributed by atoms with Gasteiger partial charge < -0.3 is 37.1 Å². The van der Waals surface area contributed by atoms with Crippen LogP contribution in [-0.2, 0) is 46.8 Å². The SMILES string of the molecule is CCCN(CCC)C(=O)c1cc(CN2C(=O)C(c3ccccc3)(c3ccccc3)N=C2N)cc(N(C)S(C)(=O)=O)c1.CCOCCCN1C(=O)C(c2cccc(-c3cccc(Cl)c3)c2)(C2CC2)N=C1N.CN1C(=O)[C@@](CCC2CCCCC2)(C[C@H]2CCC[C@@H](Nc3cc(N(C)C)n4nccc4n3)C2)N=C1N. The topological polar surface area (TPSA) is 288 Å². The number of aromatic nitrogens is 3. The third-order valence-corrected chi connectivity index (χ3v) is 22.9. The molecule has 3 fully saturated rings. The molecule has 13 rings (SSSR count). The number of hydrogen-bond acceptors (Lipinski definition) is 17. The number of aliphatic imine (C=N–C) groups is 3. The maximum absolute atomic E-state index is 14.3. The molecule has 7 aromatic rings. The van der Waals surface area contributed by atoms with Gasteiger partial charge in [0.15, 0.2) is 34.6 Å². The van der Waals surface area contributed by atoms with Crippen molar-refractivity contribution in [2.45, 2.75) is 159 Å². The third kappa shape index (κ3) is 17.2. The lowest BCUT2D eigenvalue weighted by Crippen LogP contribution is -2.44. The molecule has 6 aliphatic rings. The van der Waals surface area contributed by atoms with Gasteiger partial charge in [0.25, 0.3) is 23.6 Å². The maximum Gasteiger partial charge on any atom is 0.266 e. The number of fused-ring (bicyclic) bond motifs is 1. The molecular weight excluding hydrogens is 1380 g/mol. The van der Waals surface area contributed by atoms with Crippen molar-refractivity contribution in [3.63, 3.8) is 0 Å². The summed E-state index contributed by atoms with van der Waals surface area (Å²) in [5.74, 6) is 3.49. The van der Waals surface area contributed by atoms with Crippen LogP contribution in [-0.4, -0.2) is 163 Å². The third-order valence-electron chi connectivity index (χ3n) is 21.5. The maximum atomic E-state index is 14.3. The number of nitrogens with zero attached hydrogens (tertiary/aromatic N) is 12. The highest BCUT2D eigenvalue weighted by Crippen LogP contribution is 2.52. The second-order valence-corrected chi connectivity index (χ2v) is 31.8. The summed E-state index contributed by atoms with van der Waals surface area (Å²) >= 11 is 6.17. The second-order valence-electron chi connectivity index (χ2n) is 29.3. The summed E-state index contributed by atoms with van der Waals surface area (Å²) in [7, 11) is 3.63. The minimum absolute atomic E-state index is 0.00284. The molecule has 23 nitrogen and oxygen atoms in total. The van der Waals surface area contributed by atoms with E-state index in [0.717, 1.165) is 128 Å². The number of anilines is 3. The van der Waals surface area contributed by atoms with E-state index >= 15 is 0 Å². The fraction of sp³-hybridized carbons (Fsp3) is 0.469. The first-order valence-electron chi connectivity index (χ1n) is 37.6. The molecule has 7 N–H and O–H groups in total. The summed E-state index contributed by atoms with van der Waals surface area (Å²) in [4.78, 5) is 82.4. The number of likely N-dealkylation sites (N-methyl/N-ethyl adjacent to an activating group) is 1. The molecule has 3 aliphatic carbocycles. The highest BCUT2D eigenvalue weighted by atomic mass is 35.5. The fourth-order valence-electron chi connectivity index (χ4n) is 15.9. The number of halogens is 1. The predicted octanol–water partition coefficient (Wildman–Crippen LogP) is 12.2. The van der Waals surface area contributed by atoms with E-state index in [-0.39, 0.29) is 42.1 Å². The van der Waals surface area contributed by atoms with Gasteiger partial charge in [-0.15, -0.1) is 0 Å². The van der Waals surface area contributed by atoms with Crippen LogP contribution in [0.5, 0.6) is 0 Å². The lowest BCUT2D eigenvalue weighted by atomic mass is 9.74. The largest absolute Gasteiger partial charge is 0.382 e. The summed E-state index contributed by atoms with van der Waals surface area (Å²) in [5.41, 5.74) is 22.2. The number of nitrogens with two attached hydrogens (primary N) is 3. The summed E-state index contributed by atoms with van der Waals surface area (Å²) in [6.07, 6.45) is 20.8. The molecule has 0 saturated heterocycles. The van der Waals surface area contributed by atoms with E-state index in [1.165, 1.54) is 44.1 Å². The lowest BCUT2D eigenvalue weighted by Gasteiger charge is -2.36. The van der Waals surface area contributed by atoms with Crippen LogP contribution in [0.1, 0.15) is 163 Å². The van der Waals surface area contributed by atoms with Crippen molar-refractivity contribution in [1.82, 2.24) is 34.2 Å². The van der Waals surface area contributed by atoms with Crippen molar-refractivity contribution in [3.8, 4) is 11.1 Å². The predicted molar refractivity (Wildman–Crippen MR) is 422 cm³/mol. The van der Waals surface area contributed by atoms with Crippen LogP contribution in [0, 0.1) is 17.8 Å². The first-order chi connectivity index (χ1) is 50.9. The lowest BCUT2D eigenvalue weighted by molar-refractivity contribution is -0.132. The molecule has 106 heavy (non-hydrogen) atoms. The van der Waals surface area contributed by atoms with E-state index in [1.54, 1.807) is 46.1 Å². The first kappa shape index (κ1) is 77.7. The van der Waals surface area contributed by atoms with Gasteiger partial charge >= 0.3 is 0 Å².